The molecule has 1 aromatic rings. The first-order valence-corrected chi connectivity index (χ1v) is 7.14. The largest absolute Gasteiger partial charge is 0.497 e. The van der Waals surface area contributed by atoms with Crippen molar-refractivity contribution in [3.05, 3.63) is 23.8 Å². The van der Waals surface area contributed by atoms with Gasteiger partial charge in [-0.25, -0.2) is 0 Å². The van der Waals surface area contributed by atoms with Crippen molar-refractivity contribution in [2.24, 2.45) is 0 Å². The van der Waals surface area contributed by atoms with Gasteiger partial charge in [0.2, 0.25) is 0 Å². The Morgan fingerprint density at radius 3 is 2.94 bits per heavy atom. The lowest BCUT2D eigenvalue weighted by Crippen LogP contribution is -2.25. The highest BCUT2D eigenvalue weighted by molar-refractivity contribution is 7.99. The maximum Gasteiger partial charge on any atom is 0.253 e. The third-order valence-corrected chi connectivity index (χ3v) is 3.45. The number of nitrogens with one attached hydrogen (secondary N) is 1. The molecular weight excluding hydrogens is 248 g/mol. The Balaban J connectivity index is 2.50. The van der Waals surface area contributed by atoms with E-state index in [9.17, 15) is 4.79 Å². The normalized spacial score (nSPS) is 10.1. The summed E-state index contributed by atoms with van der Waals surface area (Å²) in [7, 11) is 1.56. The van der Waals surface area contributed by atoms with Crippen LogP contribution >= 0.6 is 11.8 Å². The molecular formula is C13H20N2O2S. The second kappa shape index (κ2) is 7.87. The highest BCUT2D eigenvalue weighted by Gasteiger charge is 2.10. The Morgan fingerprint density at radius 1 is 1.50 bits per heavy atom. The smallest absolute Gasteiger partial charge is 0.253 e. The van der Waals surface area contributed by atoms with E-state index in [1.54, 1.807) is 25.3 Å². The summed E-state index contributed by atoms with van der Waals surface area (Å²) in [5.41, 5.74) is 6.72. The SMILES string of the molecule is CCSCCCNC(=O)c1cc(OC)ccc1N. The molecule has 0 aliphatic heterocycles. The molecule has 0 radical (unpaired) electrons. The first-order valence-electron chi connectivity index (χ1n) is 5.98. The molecule has 4 nitrogen and oxygen atoms in total. The molecule has 100 valence electrons. The van der Waals surface area contributed by atoms with Crippen molar-refractivity contribution < 1.29 is 9.53 Å². The molecule has 0 heterocycles. The van der Waals surface area contributed by atoms with Gasteiger partial charge in [0.25, 0.3) is 5.91 Å². The molecule has 0 fully saturated rings. The molecule has 0 saturated carbocycles. The van der Waals surface area contributed by atoms with Crippen molar-refractivity contribution in [1.82, 2.24) is 5.32 Å². The minimum absolute atomic E-state index is 0.145. The van der Waals surface area contributed by atoms with Gasteiger partial charge in [-0.3, -0.25) is 4.79 Å². The average molecular weight is 268 g/mol. The lowest BCUT2D eigenvalue weighted by atomic mass is 10.1. The van der Waals surface area contributed by atoms with Crippen LogP contribution in [0.3, 0.4) is 0 Å². The third kappa shape index (κ3) is 4.49. The number of carbonyl (C=O) groups is 1. The lowest BCUT2D eigenvalue weighted by molar-refractivity contribution is 0.0954. The average Bonchev–Trinajstić information content (AvgIpc) is 2.39. The van der Waals surface area contributed by atoms with Crippen molar-refractivity contribution in [2.75, 3.05) is 30.9 Å². The topological polar surface area (TPSA) is 64.3 Å². The summed E-state index contributed by atoms with van der Waals surface area (Å²) < 4.78 is 5.08. The van der Waals surface area contributed by atoms with Gasteiger partial charge in [-0.1, -0.05) is 6.92 Å². The minimum Gasteiger partial charge on any atom is -0.497 e. The Labute approximate surface area is 112 Å². The van der Waals surface area contributed by atoms with Gasteiger partial charge < -0.3 is 15.8 Å². The molecule has 0 aliphatic carbocycles. The van der Waals surface area contributed by atoms with Crippen molar-refractivity contribution in [3.8, 4) is 5.75 Å². The number of nitrogens with two attached hydrogens (primary N) is 1. The molecule has 3 N–H and O–H groups in total. The summed E-state index contributed by atoms with van der Waals surface area (Å²) in [5, 5.41) is 2.86. The fourth-order valence-corrected chi connectivity index (χ4v) is 2.11. The monoisotopic (exact) mass is 268 g/mol. The number of hydrogen-bond acceptors (Lipinski definition) is 4. The van der Waals surface area contributed by atoms with Crippen molar-refractivity contribution >= 4 is 23.4 Å². The van der Waals surface area contributed by atoms with Crippen molar-refractivity contribution in [1.29, 1.82) is 0 Å². The molecule has 0 aliphatic rings. The molecule has 0 aromatic heterocycles. The van der Waals surface area contributed by atoms with Crippen LogP contribution in [0, 0.1) is 0 Å². The summed E-state index contributed by atoms with van der Waals surface area (Å²) in [5.74, 6) is 2.66. The van der Waals surface area contributed by atoms with Gasteiger partial charge in [0.1, 0.15) is 5.75 Å². The molecule has 0 unspecified atom stereocenters. The van der Waals surface area contributed by atoms with E-state index in [0.29, 0.717) is 23.5 Å². The van der Waals surface area contributed by atoms with E-state index in [1.807, 2.05) is 11.8 Å². The number of benzene rings is 1. The van der Waals surface area contributed by atoms with Crippen LogP contribution in [0.15, 0.2) is 18.2 Å². The summed E-state index contributed by atoms with van der Waals surface area (Å²) in [6, 6.07) is 5.08. The van der Waals surface area contributed by atoms with Crippen LogP contribution < -0.4 is 15.8 Å². The second-order valence-corrected chi connectivity index (χ2v) is 5.15. The van der Waals surface area contributed by atoms with Crippen LogP contribution in [0.5, 0.6) is 5.75 Å². The van der Waals surface area contributed by atoms with Crippen LogP contribution in [0.2, 0.25) is 0 Å². The first kappa shape index (κ1) is 14.7. The molecule has 18 heavy (non-hydrogen) atoms. The molecule has 0 saturated heterocycles. The van der Waals surface area contributed by atoms with E-state index < -0.39 is 0 Å². The number of ether oxygens (including phenoxy) is 1. The molecule has 0 atom stereocenters. The van der Waals surface area contributed by atoms with E-state index >= 15 is 0 Å². The Hall–Kier alpha value is -1.36. The Bertz CT molecular complexity index is 397. The zero-order chi connectivity index (χ0) is 13.4. The predicted octanol–water partition coefficient (Wildman–Crippen LogP) is 2.15. The number of anilines is 1. The number of amides is 1. The van der Waals surface area contributed by atoms with Crippen LogP contribution in [-0.2, 0) is 0 Å². The van der Waals surface area contributed by atoms with Gasteiger partial charge in [-0.2, -0.15) is 11.8 Å². The van der Waals surface area contributed by atoms with Crippen LogP contribution in [-0.4, -0.2) is 31.1 Å². The fourth-order valence-electron chi connectivity index (χ4n) is 1.47. The predicted molar refractivity (Wildman–Crippen MR) is 77.4 cm³/mol. The fraction of sp³-hybridized carbons (Fsp3) is 0.462. The number of methoxy groups -OCH3 is 1. The molecule has 1 rings (SSSR count). The van der Waals surface area contributed by atoms with Gasteiger partial charge >= 0.3 is 0 Å². The van der Waals surface area contributed by atoms with Crippen molar-refractivity contribution in [2.45, 2.75) is 13.3 Å². The molecule has 0 bridgehead atoms. The highest BCUT2D eigenvalue weighted by Crippen LogP contribution is 2.19. The number of hydrogen-bond donors (Lipinski definition) is 2. The van der Waals surface area contributed by atoms with Crippen LogP contribution in [0.4, 0.5) is 5.69 Å². The first-order chi connectivity index (χ1) is 8.69. The summed E-state index contributed by atoms with van der Waals surface area (Å²) in [4.78, 5) is 11.9. The van der Waals surface area contributed by atoms with E-state index in [1.165, 1.54) is 0 Å². The zero-order valence-electron chi connectivity index (χ0n) is 10.9. The standard InChI is InChI=1S/C13H20N2O2S/c1-3-18-8-4-7-15-13(16)11-9-10(17-2)5-6-12(11)14/h5-6,9H,3-4,7-8,14H2,1-2H3,(H,15,16). The van der Waals surface area contributed by atoms with E-state index in [2.05, 4.69) is 12.2 Å². The summed E-state index contributed by atoms with van der Waals surface area (Å²) in [6.07, 6.45) is 0.966. The Kier molecular flexibility index (Phi) is 6.43. The van der Waals surface area contributed by atoms with Crippen molar-refractivity contribution in [3.63, 3.8) is 0 Å². The second-order valence-electron chi connectivity index (χ2n) is 3.76. The molecule has 5 heteroatoms. The minimum atomic E-state index is -0.145. The van der Waals surface area contributed by atoms with Gasteiger partial charge in [0.05, 0.1) is 12.7 Å². The van der Waals surface area contributed by atoms with Crippen LogP contribution in [0.1, 0.15) is 23.7 Å². The van der Waals surface area contributed by atoms with Gasteiger partial charge in [-0.05, 0) is 36.1 Å². The maximum absolute atomic E-state index is 11.9. The van der Waals surface area contributed by atoms with Crippen LogP contribution in [0.25, 0.3) is 0 Å². The number of rotatable bonds is 7. The van der Waals surface area contributed by atoms with Gasteiger partial charge in [-0.15, -0.1) is 0 Å². The van der Waals surface area contributed by atoms with E-state index in [-0.39, 0.29) is 5.91 Å². The lowest BCUT2D eigenvalue weighted by Gasteiger charge is -2.09. The molecule has 1 aromatic carbocycles. The summed E-state index contributed by atoms with van der Waals surface area (Å²) >= 11 is 1.87. The number of nitrogen functional groups attached to an aromatic ring is 1. The maximum atomic E-state index is 11.9. The Morgan fingerprint density at radius 2 is 2.28 bits per heavy atom. The quantitative estimate of drug-likeness (QED) is 0.587. The number of thioether (sulfide) groups is 1. The third-order valence-electron chi connectivity index (χ3n) is 2.46. The van der Waals surface area contributed by atoms with Gasteiger partial charge in [0, 0.05) is 12.2 Å². The number of carbonyl (C=O) groups excluding carboxylic acids is 1. The van der Waals surface area contributed by atoms with Gasteiger partial charge in [0.15, 0.2) is 0 Å². The zero-order valence-corrected chi connectivity index (χ0v) is 11.7. The molecule has 0 spiro atoms. The van der Waals surface area contributed by atoms with E-state index in [0.717, 1.165) is 17.9 Å². The van der Waals surface area contributed by atoms with E-state index in [4.69, 9.17) is 10.5 Å². The highest BCUT2D eigenvalue weighted by atomic mass is 32.2. The summed E-state index contributed by atoms with van der Waals surface area (Å²) in [6.45, 7) is 2.79. The molecule has 1 amide bonds.